The van der Waals surface area contributed by atoms with Gasteiger partial charge in [-0.1, -0.05) is 37.0 Å². The van der Waals surface area contributed by atoms with Gasteiger partial charge in [-0.25, -0.2) is 0 Å². The molecular formula is C13H16Cl2OS. The minimum absolute atomic E-state index is 0.109. The maximum Gasteiger partial charge on any atom is 0.172 e. The van der Waals surface area contributed by atoms with Crippen LogP contribution in [0.3, 0.4) is 0 Å². The van der Waals surface area contributed by atoms with Gasteiger partial charge in [0.1, 0.15) is 0 Å². The van der Waals surface area contributed by atoms with Crippen LogP contribution < -0.4 is 0 Å². The van der Waals surface area contributed by atoms with Gasteiger partial charge in [-0.15, -0.1) is 0 Å². The summed E-state index contributed by atoms with van der Waals surface area (Å²) >= 11 is 13.3. The van der Waals surface area contributed by atoms with Crippen molar-refractivity contribution in [3.05, 3.63) is 33.8 Å². The first-order valence-electron chi connectivity index (χ1n) is 5.56. The fourth-order valence-electron chi connectivity index (χ4n) is 1.24. The minimum Gasteiger partial charge on any atom is -0.293 e. The maximum absolute atomic E-state index is 11.8. The predicted molar refractivity (Wildman–Crippen MR) is 77.6 cm³/mol. The molecule has 17 heavy (non-hydrogen) atoms. The van der Waals surface area contributed by atoms with E-state index in [1.165, 1.54) is 0 Å². The Morgan fingerprint density at radius 3 is 2.59 bits per heavy atom. The molecule has 0 atom stereocenters. The predicted octanol–water partition coefficient (Wildman–Crippen LogP) is 4.96. The van der Waals surface area contributed by atoms with Crippen LogP contribution in [0.1, 0.15) is 30.6 Å². The van der Waals surface area contributed by atoms with E-state index in [1.54, 1.807) is 30.0 Å². The van der Waals surface area contributed by atoms with Crippen LogP contribution in [0.4, 0.5) is 0 Å². The molecule has 0 saturated heterocycles. The van der Waals surface area contributed by atoms with Crippen LogP contribution in [0.5, 0.6) is 0 Å². The average Bonchev–Trinajstić information content (AvgIpc) is 2.27. The Balaban J connectivity index is 2.44. The lowest BCUT2D eigenvalue weighted by Gasteiger charge is -2.05. The van der Waals surface area contributed by atoms with Crippen molar-refractivity contribution >= 4 is 40.7 Å². The molecule has 0 amide bonds. The second kappa shape index (κ2) is 7.30. The molecule has 0 aliphatic heterocycles. The molecule has 94 valence electrons. The van der Waals surface area contributed by atoms with Crippen LogP contribution in [0, 0.1) is 5.92 Å². The van der Waals surface area contributed by atoms with Crippen molar-refractivity contribution in [1.82, 2.24) is 0 Å². The molecule has 1 rings (SSSR count). The van der Waals surface area contributed by atoms with Gasteiger partial charge in [0.25, 0.3) is 0 Å². The van der Waals surface area contributed by atoms with Crippen LogP contribution in [0.15, 0.2) is 18.2 Å². The van der Waals surface area contributed by atoms with E-state index in [2.05, 4.69) is 13.8 Å². The molecule has 0 aliphatic rings. The highest BCUT2D eigenvalue weighted by molar-refractivity contribution is 7.99. The monoisotopic (exact) mass is 290 g/mol. The number of ketones is 1. The highest BCUT2D eigenvalue weighted by Gasteiger charge is 2.08. The third kappa shape index (κ3) is 5.33. The smallest absolute Gasteiger partial charge is 0.172 e. The van der Waals surface area contributed by atoms with Gasteiger partial charge in [0.2, 0.25) is 0 Å². The molecule has 0 bridgehead atoms. The van der Waals surface area contributed by atoms with E-state index in [1.807, 2.05) is 0 Å². The van der Waals surface area contributed by atoms with E-state index >= 15 is 0 Å². The summed E-state index contributed by atoms with van der Waals surface area (Å²) in [5, 5.41) is 0.917. The summed E-state index contributed by atoms with van der Waals surface area (Å²) in [5.74, 6) is 2.31. The first kappa shape index (κ1) is 14.9. The highest BCUT2D eigenvalue weighted by atomic mass is 35.5. The van der Waals surface area contributed by atoms with Crippen LogP contribution in [-0.2, 0) is 0 Å². The molecule has 0 aromatic heterocycles. The van der Waals surface area contributed by atoms with E-state index in [0.717, 1.165) is 12.2 Å². The number of rotatable bonds is 6. The van der Waals surface area contributed by atoms with Gasteiger partial charge < -0.3 is 0 Å². The van der Waals surface area contributed by atoms with Crippen molar-refractivity contribution < 1.29 is 4.79 Å². The molecule has 0 fully saturated rings. The molecule has 1 nitrogen and oxygen atoms in total. The molecule has 0 spiro atoms. The summed E-state index contributed by atoms with van der Waals surface area (Å²) in [6, 6.07) is 5.02. The van der Waals surface area contributed by atoms with Crippen molar-refractivity contribution in [1.29, 1.82) is 0 Å². The van der Waals surface area contributed by atoms with Crippen LogP contribution >= 0.6 is 35.0 Å². The van der Waals surface area contributed by atoms with Crippen LogP contribution in [0.2, 0.25) is 10.0 Å². The third-order valence-corrected chi connectivity index (χ3v) is 4.04. The summed E-state index contributed by atoms with van der Waals surface area (Å²) in [4.78, 5) is 11.8. The van der Waals surface area contributed by atoms with E-state index < -0.39 is 0 Å². The van der Waals surface area contributed by atoms with Gasteiger partial charge in [-0.2, -0.15) is 11.8 Å². The van der Waals surface area contributed by atoms with Crippen molar-refractivity contribution in [2.24, 2.45) is 5.92 Å². The summed E-state index contributed by atoms with van der Waals surface area (Å²) in [6.07, 6.45) is 1.14. The van der Waals surface area contributed by atoms with Gasteiger partial charge in [0.05, 0.1) is 15.8 Å². The Hall–Kier alpha value is -0.180. The molecule has 0 N–H and O–H groups in total. The van der Waals surface area contributed by atoms with Crippen LogP contribution in [-0.4, -0.2) is 17.3 Å². The van der Waals surface area contributed by atoms with Gasteiger partial charge in [-0.05, 0) is 36.3 Å². The lowest BCUT2D eigenvalue weighted by molar-refractivity contribution is 0.102. The number of hydrogen-bond donors (Lipinski definition) is 0. The van der Waals surface area contributed by atoms with Crippen molar-refractivity contribution in [3.8, 4) is 0 Å². The maximum atomic E-state index is 11.8. The second-order valence-electron chi connectivity index (χ2n) is 4.29. The molecule has 0 unspecified atom stereocenters. The SMILES string of the molecule is CC(C)CCSCC(=O)c1ccc(Cl)c(Cl)c1. The second-order valence-corrected chi connectivity index (χ2v) is 6.21. The molecular weight excluding hydrogens is 275 g/mol. The van der Waals surface area contributed by atoms with E-state index in [9.17, 15) is 4.79 Å². The number of halogens is 2. The summed E-state index contributed by atoms with van der Waals surface area (Å²) in [6.45, 7) is 4.36. The van der Waals surface area contributed by atoms with Crippen LogP contribution in [0.25, 0.3) is 0 Å². The molecule has 0 saturated carbocycles. The fourth-order valence-corrected chi connectivity index (χ4v) is 2.67. The third-order valence-electron chi connectivity index (χ3n) is 2.31. The molecule has 0 radical (unpaired) electrons. The first-order chi connectivity index (χ1) is 8.00. The first-order valence-corrected chi connectivity index (χ1v) is 7.47. The zero-order chi connectivity index (χ0) is 12.8. The number of carbonyl (C=O) groups is 1. The molecule has 0 heterocycles. The van der Waals surface area contributed by atoms with Gasteiger partial charge in [0, 0.05) is 5.56 Å². The lowest BCUT2D eigenvalue weighted by atomic mass is 10.1. The minimum atomic E-state index is 0.109. The van der Waals surface area contributed by atoms with Gasteiger partial charge in [-0.3, -0.25) is 4.79 Å². The Kier molecular flexibility index (Phi) is 6.39. The number of carbonyl (C=O) groups excluding carboxylic acids is 1. The van der Waals surface area contributed by atoms with Gasteiger partial charge >= 0.3 is 0 Å². The summed E-state index contributed by atoms with van der Waals surface area (Å²) < 4.78 is 0. The highest BCUT2D eigenvalue weighted by Crippen LogP contribution is 2.23. The van der Waals surface area contributed by atoms with Crippen molar-refractivity contribution in [2.45, 2.75) is 20.3 Å². The lowest BCUT2D eigenvalue weighted by Crippen LogP contribution is -2.03. The zero-order valence-corrected chi connectivity index (χ0v) is 12.3. The summed E-state index contributed by atoms with van der Waals surface area (Å²) in [7, 11) is 0. The fraction of sp³-hybridized carbons (Fsp3) is 0.462. The normalized spacial score (nSPS) is 10.9. The number of benzene rings is 1. The molecule has 4 heteroatoms. The topological polar surface area (TPSA) is 17.1 Å². The Labute approximate surface area is 117 Å². The Morgan fingerprint density at radius 2 is 2.00 bits per heavy atom. The van der Waals surface area contributed by atoms with Gasteiger partial charge in [0.15, 0.2) is 5.78 Å². The van der Waals surface area contributed by atoms with E-state index in [4.69, 9.17) is 23.2 Å². The standard InChI is InChI=1S/C13H16Cl2OS/c1-9(2)5-6-17-8-13(16)10-3-4-11(14)12(15)7-10/h3-4,7,9H,5-6,8H2,1-2H3. The van der Waals surface area contributed by atoms with Crippen molar-refractivity contribution in [3.63, 3.8) is 0 Å². The summed E-state index contributed by atoms with van der Waals surface area (Å²) in [5.41, 5.74) is 0.636. The number of Topliss-reactive ketones (excluding diaryl/α,β-unsaturated/α-hetero) is 1. The quantitative estimate of drug-likeness (QED) is 0.544. The van der Waals surface area contributed by atoms with Crippen molar-refractivity contribution in [2.75, 3.05) is 11.5 Å². The Morgan fingerprint density at radius 1 is 1.29 bits per heavy atom. The van der Waals surface area contributed by atoms with E-state index in [0.29, 0.717) is 27.3 Å². The molecule has 1 aromatic rings. The molecule has 0 aliphatic carbocycles. The molecule has 1 aromatic carbocycles. The largest absolute Gasteiger partial charge is 0.293 e. The Bertz CT molecular complexity index is 391. The average molecular weight is 291 g/mol. The number of thioether (sulfide) groups is 1. The number of hydrogen-bond acceptors (Lipinski definition) is 2. The van der Waals surface area contributed by atoms with E-state index in [-0.39, 0.29) is 5.78 Å². The zero-order valence-electron chi connectivity index (χ0n) is 10.0.